The number of aliphatic imine (C=N–C) groups is 1. The predicted molar refractivity (Wildman–Crippen MR) is 92.8 cm³/mol. The van der Waals surface area contributed by atoms with Gasteiger partial charge in [-0.05, 0) is 49.9 Å². The Bertz CT molecular complexity index is 738. The Morgan fingerprint density at radius 2 is 2.08 bits per heavy atom. The molecule has 1 N–H and O–H groups in total. The zero-order valence-electron chi connectivity index (χ0n) is 14.3. The first-order valence-corrected chi connectivity index (χ1v) is 8.35. The van der Waals surface area contributed by atoms with Gasteiger partial charge in [0, 0.05) is 12.8 Å². The van der Waals surface area contributed by atoms with Crippen LogP contribution in [0.4, 0.5) is 10.5 Å². The number of amides is 4. The van der Waals surface area contributed by atoms with Crippen molar-refractivity contribution in [3.8, 4) is 0 Å². The van der Waals surface area contributed by atoms with Crippen LogP contribution in [0.3, 0.4) is 0 Å². The highest BCUT2D eigenvalue weighted by Crippen LogP contribution is 2.23. The lowest BCUT2D eigenvalue weighted by molar-refractivity contribution is -0.131. The minimum Gasteiger partial charge on any atom is -0.376 e. The fraction of sp³-hybridized carbons (Fsp3) is 0.444. The van der Waals surface area contributed by atoms with E-state index in [9.17, 15) is 14.4 Å². The summed E-state index contributed by atoms with van der Waals surface area (Å²) < 4.78 is 5.46. The number of ether oxygens (including phenoxy) is 1. The molecule has 2 aliphatic heterocycles. The molecule has 2 fully saturated rings. The quantitative estimate of drug-likeness (QED) is 0.666. The minimum absolute atomic E-state index is 0.0375. The van der Waals surface area contributed by atoms with Gasteiger partial charge < -0.3 is 4.74 Å². The van der Waals surface area contributed by atoms with Crippen LogP contribution in [-0.2, 0) is 14.3 Å². The molecule has 0 aromatic heterocycles. The monoisotopic (exact) mass is 343 g/mol. The van der Waals surface area contributed by atoms with Crippen LogP contribution < -0.4 is 10.2 Å². The first-order valence-electron chi connectivity index (χ1n) is 8.35. The second-order valence-corrected chi connectivity index (χ2v) is 6.36. The summed E-state index contributed by atoms with van der Waals surface area (Å²) in [5.41, 5.74) is 2.45. The number of imide groups is 2. The van der Waals surface area contributed by atoms with Gasteiger partial charge in [-0.3, -0.25) is 19.9 Å². The maximum atomic E-state index is 12.7. The number of hydrogen-bond acceptors (Lipinski definition) is 5. The molecule has 7 heteroatoms. The second kappa shape index (κ2) is 7.14. The molecular formula is C18H21N3O4. The van der Waals surface area contributed by atoms with Gasteiger partial charge in [-0.2, -0.15) is 0 Å². The van der Waals surface area contributed by atoms with Gasteiger partial charge in [-0.25, -0.2) is 9.69 Å². The Hall–Kier alpha value is -2.54. The third-order valence-corrected chi connectivity index (χ3v) is 4.54. The van der Waals surface area contributed by atoms with Crippen molar-refractivity contribution < 1.29 is 19.1 Å². The summed E-state index contributed by atoms with van der Waals surface area (Å²) in [6, 6.07) is 4.55. The zero-order chi connectivity index (χ0) is 18.0. The average molecular weight is 343 g/mol. The van der Waals surface area contributed by atoms with Crippen molar-refractivity contribution in [2.75, 3.05) is 18.1 Å². The van der Waals surface area contributed by atoms with Gasteiger partial charge in [-0.1, -0.05) is 6.07 Å². The molecule has 0 radical (unpaired) electrons. The molecule has 1 aromatic rings. The fourth-order valence-electron chi connectivity index (χ4n) is 2.90. The van der Waals surface area contributed by atoms with Crippen LogP contribution in [0.25, 0.3) is 0 Å². The van der Waals surface area contributed by atoms with Gasteiger partial charge >= 0.3 is 6.03 Å². The van der Waals surface area contributed by atoms with Gasteiger partial charge in [0.05, 0.1) is 18.3 Å². The molecule has 25 heavy (non-hydrogen) atoms. The summed E-state index contributed by atoms with van der Waals surface area (Å²) in [6.07, 6.45) is 3.28. The number of urea groups is 1. The van der Waals surface area contributed by atoms with E-state index in [0.717, 1.165) is 35.5 Å². The van der Waals surface area contributed by atoms with E-state index < -0.39 is 23.8 Å². The van der Waals surface area contributed by atoms with E-state index in [4.69, 9.17) is 4.74 Å². The van der Waals surface area contributed by atoms with Crippen LogP contribution in [0.5, 0.6) is 0 Å². The van der Waals surface area contributed by atoms with Crippen molar-refractivity contribution in [2.24, 2.45) is 10.9 Å². The van der Waals surface area contributed by atoms with Crippen molar-refractivity contribution in [1.29, 1.82) is 0 Å². The van der Waals surface area contributed by atoms with E-state index in [0.29, 0.717) is 12.2 Å². The molecule has 132 valence electrons. The van der Waals surface area contributed by atoms with Crippen LogP contribution >= 0.6 is 0 Å². The Kier molecular flexibility index (Phi) is 4.94. The highest BCUT2D eigenvalue weighted by molar-refractivity contribution is 6.32. The first kappa shape index (κ1) is 17.3. The molecule has 0 unspecified atom stereocenters. The van der Waals surface area contributed by atoms with Gasteiger partial charge in [0.15, 0.2) is 5.92 Å². The zero-order valence-corrected chi connectivity index (χ0v) is 14.3. The van der Waals surface area contributed by atoms with Crippen LogP contribution in [0.1, 0.15) is 24.0 Å². The summed E-state index contributed by atoms with van der Waals surface area (Å²) in [4.78, 5) is 42.1. The first-order chi connectivity index (χ1) is 12.0. The number of benzene rings is 1. The summed E-state index contributed by atoms with van der Waals surface area (Å²) >= 11 is 0. The summed E-state index contributed by atoms with van der Waals surface area (Å²) in [5, 5.41) is 2.23. The van der Waals surface area contributed by atoms with E-state index in [2.05, 4.69) is 10.3 Å². The molecule has 3 rings (SSSR count). The molecular weight excluding hydrogens is 322 g/mol. The molecule has 2 heterocycles. The Balaban J connectivity index is 1.78. The van der Waals surface area contributed by atoms with Crippen LogP contribution in [0.15, 0.2) is 23.2 Å². The van der Waals surface area contributed by atoms with Crippen molar-refractivity contribution in [3.63, 3.8) is 0 Å². The molecule has 2 atom stereocenters. The largest absolute Gasteiger partial charge is 0.376 e. The average Bonchev–Trinajstić information content (AvgIpc) is 3.07. The molecule has 2 aliphatic rings. The maximum absolute atomic E-state index is 12.7. The molecule has 0 saturated carbocycles. The van der Waals surface area contributed by atoms with Crippen molar-refractivity contribution in [2.45, 2.75) is 32.8 Å². The molecule has 1 aromatic carbocycles. The number of carbonyl (C=O) groups excluding carboxylic acids is 3. The SMILES string of the molecule is Cc1ccc(N2C(=O)NC(=O)[C@@H](C=NC[C@@H]3CCCO3)C2=O)cc1C. The smallest absolute Gasteiger partial charge is 0.335 e. The van der Waals surface area contributed by atoms with Gasteiger partial charge in [0.25, 0.3) is 5.91 Å². The third-order valence-electron chi connectivity index (χ3n) is 4.54. The molecule has 4 amide bonds. The summed E-state index contributed by atoms with van der Waals surface area (Å²) in [5.74, 6) is -2.35. The van der Waals surface area contributed by atoms with E-state index in [1.54, 1.807) is 12.1 Å². The lowest BCUT2D eigenvalue weighted by Crippen LogP contribution is -2.58. The Morgan fingerprint density at radius 3 is 2.76 bits per heavy atom. The number of barbiturate groups is 1. The highest BCUT2D eigenvalue weighted by Gasteiger charge is 2.40. The number of anilines is 1. The van der Waals surface area contributed by atoms with E-state index in [-0.39, 0.29) is 6.10 Å². The van der Waals surface area contributed by atoms with Gasteiger partial charge in [0.2, 0.25) is 5.91 Å². The van der Waals surface area contributed by atoms with E-state index in [1.807, 2.05) is 19.9 Å². The number of hydrogen-bond donors (Lipinski definition) is 1. The van der Waals surface area contributed by atoms with E-state index >= 15 is 0 Å². The number of rotatable bonds is 4. The minimum atomic E-state index is -1.11. The normalized spacial score (nSPS) is 24.2. The number of carbonyl (C=O) groups is 3. The highest BCUT2D eigenvalue weighted by atomic mass is 16.5. The van der Waals surface area contributed by atoms with Crippen LogP contribution in [0.2, 0.25) is 0 Å². The van der Waals surface area contributed by atoms with Crippen molar-refractivity contribution in [3.05, 3.63) is 29.3 Å². The lowest BCUT2D eigenvalue weighted by Gasteiger charge is -2.28. The van der Waals surface area contributed by atoms with Crippen LogP contribution in [0, 0.1) is 19.8 Å². The number of aryl methyl sites for hydroxylation is 2. The molecule has 0 spiro atoms. The standard InChI is InChI=1S/C18H21N3O4/c1-11-5-6-13(8-12(11)2)21-17(23)15(16(22)20-18(21)24)10-19-9-14-4-3-7-25-14/h5-6,8,10,14-15H,3-4,7,9H2,1-2H3,(H,20,22,24)/t14-,15+/m0/s1. The molecule has 0 aliphatic carbocycles. The number of nitrogens with one attached hydrogen (secondary N) is 1. The predicted octanol–water partition coefficient (Wildman–Crippen LogP) is 1.75. The van der Waals surface area contributed by atoms with E-state index in [1.165, 1.54) is 6.21 Å². The number of nitrogens with zero attached hydrogens (tertiary/aromatic N) is 2. The summed E-state index contributed by atoms with van der Waals surface area (Å²) in [7, 11) is 0. The van der Waals surface area contributed by atoms with Gasteiger partial charge in [0.1, 0.15) is 0 Å². The molecule has 0 bridgehead atoms. The fourth-order valence-corrected chi connectivity index (χ4v) is 2.90. The van der Waals surface area contributed by atoms with Gasteiger partial charge in [-0.15, -0.1) is 0 Å². The van der Waals surface area contributed by atoms with Crippen LogP contribution in [-0.4, -0.2) is 43.3 Å². The second-order valence-electron chi connectivity index (χ2n) is 6.36. The molecule has 7 nitrogen and oxygen atoms in total. The molecule has 2 saturated heterocycles. The lowest BCUT2D eigenvalue weighted by atomic mass is 10.0. The maximum Gasteiger partial charge on any atom is 0.335 e. The third kappa shape index (κ3) is 3.61. The topological polar surface area (TPSA) is 88.1 Å². The Labute approximate surface area is 146 Å². The van der Waals surface area contributed by atoms with Crippen molar-refractivity contribution in [1.82, 2.24) is 5.32 Å². The van der Waals surface area contributed by atoms with Crippen molar-refractivity contribution >= 4 is 29.7 Å². The summed E-state index contributed by atoms with van der Waals surface area (Å²) in [6.45, 7) is 4.98. The Morgan fingerprint density at radius 1 is 1.28 bits per heavy atom.